The van der Waals surface area contributed by atoms with Crippen molar-refractivity contribution < 1.29 is 14.8 Å². The van der Waals surface area contributed by atoms with Gasteiger partial charge in [-0.2, -0.15) is 5.10 Å². The fourth-order valence-electron chi connectivity index (χ4n) is 2.78. The lowest BCUT2D eigenvalue weighted by atomic mass is 10.1. The molecule has 3 rings (SSSR count). The number of nitro groups is 1. The third kappa shape index (κ3) is 4.53. The molecule has 0 radical (unpaired) electrons. The predicted octanol–water partition coefficient (Wildman–Crippen LogP) is 2.57. The summed E-state index contributed by atoms with van der Waals surface area (Å²) >= 11 is 6.19. The van der Waals surface area contributed by atoms with Crippen molar-refractivity contribution in [2.75, 3.05) is 6.54 Å². The van der Waals surface area contributed by atoms with Crippen LogP contribution in [0.3, 0.4) is 0 Å². The largest absolute Gasteiger partial charge is 0.387 e. The second-order valence-electron chi connectivity index (χ2n) is 6.44. The number of aryl methyl sites for hydroxylation is 1. The lowest BCUT2D eigenvalue weighted by Crippen LogP contribution is -2.34. The van der Waals surface area contributed by atoms with E-state index in [9.17, 15) is 24.8 Å². The highest BCUT2D eigenvalue weighted by Crippen LogP contribution is 2.20. The molecule has 0 aliphatic rings. The molecule has 0 spiro atoms. The van der Waals surface area contributed by atoms with E-state index in [1.807, 2.05) is 0 Å². The Morgan fingerprint density at radius 1 is 1.27 bits per heavy atom. The SMILES string of the molecule is Cc1cc(=O)c(C(=O)NC[C@H](O)c2ccc([N+](=O)[O-])cc2)nn1-c1ccccc1Cl. The van der Waals surface area contributed by atoms with Crippen molar-refractivity contribution in [3.63, 3.8) is 0 Å². The Hall–Kier alpha value is -3.56. The van der Waals surface area contributed by atoms with E-state index in [0.29, 0.717) is 22.0 Å². The van der Waals surface area contributed by atoms with Gasteiger partial charge >= 0.3 is 0 Å². The highest BCUT2D eigenvalue weighted by atomic mass is 35.5. The summed E-state index contributed by atoms with van der Waals surface area (Å²) in [6.45, 7) is 1.45. The van der Waals surface area contributed by atoms with Crippen LogP contribution >= 0.6 is 11.6 Å². The zero-order valence-corrected chi connectivity index (χ0v) is 16.5. The third-order valence-electron chi connectivity index (χ3n) is 4.35. The highest BCUT2D eigenvalue weighted by molar-refractivity contribution is 6.32. The van der Waals surface area contributed by atoms with E-state index in [2.05, 4.69) is 10.4 Å². The third-order valence-corrected chi connectivity index (χ3v) is 4.67. The number of aliphatic hydroxyl groups is 1. The van der Waals surface area contributed by atoms with Crippen LogP contribution in [-0.4, -0.2) is 32.3 Å². The van der Waals surface area contributed by atoms with Crippen molar-refractivity contribution in [2.24, 2.45) is 0 Å². The van der Waals surface area contributed by atoms with Crippen LogP contribution in [0.2, 0.25) is 5.02 Å². The van der Waals surface area contributed by atoms with Gasteiger partial charge in [0.05, 0.1) is 21.7 Å². The Kier molecular flexibility index (Phi) is 6.24. The molecule has 154 valence electrons. The standard InChI is InChI=1S/C20H17ClN4O5/c1-12-10-17(26)19(23-24(12)16-5-3-2-4-15(16)21)20(28)22-11-18(27)13-6-8-14(9-7-13)25(29)30/h2-10,18,27H,11H2,1H3,(H,22,28)/t18-/m0/s1. The summed E-state index contributed by atoms with van der Waals surface area (Å²) < 4.78 is 1.39. The van der Waals surface area contributed by atoms with Gasteiger partial charge in [-0.15, -0.1) is 0 Å². The fourth-order valence-corrected chi connectivity index (χ4v) is 3.00. The zero-order chi connectivity index (χ0) is 21.8. The molecule has 1 atom stereocenters. The van der Waals surface area contributed by atoms with E-state index in [1.165, 1.54) is 35.0 Å². The molecule has 0 aliphatic carbocycles. The number of amides is 1. The van der Waals surface area contributed by atoms with Gasteiger partial charge in [-0.1, -0.05) is 23.7 Å². The summed E-state index contributed by atoms with van der Waals surface area (Å²) in [7, 11) is 0. The number of non-ortho nitro benzene ring substituents is 1. The number of halogens is 1. The minimum atomic E-state index is -1.12. The van der Waals surface area contributed by atoms with Gasteiger partial charge < -0.3 is 10.4 Å². The van der Waals surface area contributed by atoms with E-state index in [0.717, 1.165) is 0 Å². The van der Waals surface area contributed by atoms with E-state index >= 15 is 0 Å². The Bertz CT molecular complexity index is 1160. The van der Waals surface area contributed by atoms with Gasteiger partial charge in [0, 0.05) is 30.4 Å². The maximum absolute atomic E-state index is 12.5. The van der Waals surface area contributed by atoms with Crippen LogP contribution in [-0.2, 0) is 0 Å². The number of benzene rings is 2. The molecule has 0 unspecified atom stereocenters. The monoisotopic (exact) mass is 428 g/mol. The van der Waals surface area contributed by atoms with Crippen LogP contribution in [0.4, 0.5) is 5.69 Å². The number of nitrogens with one attached hydrogen (secondary N) is 1. The number of carbonyl (C=O) groups is 1. The molecule has 10 heteroatoms. The normalized spacial score (nSPS) is 11.7. The second-order valence-corrected chi connectivity index (χ2v) is 6.84. The van der Waals surface area contributed by atoms with Gasteiger partial charge in [-0.25, -0.2) is 4.68 Å². The summed E-state index contributed by atoms with van der Waals surface area (Å²) in [5.74, 6) is -0.762. The first-order chi connectivity index (χ1) is 14.3. The number of nitrogens with zero attached hydrogens (tertiary/aromatic N) is 3. The highest BCUT2D eigenvalue weighted by Gasteiger charge is 2.18. The molecule has 0 bridgehead atoms. The van der Waals surface area contributed by atoms with E-state index in [1.54, 1.807) is 31.2 Å². The van der Waals surface area contributed by atoms with Gasteiger partial charge in [0.15, 0.2) is 5.69 Å². The molecule has 2 N–H and O–H groups in total. The lowest BCUT2D eigenvalue weighted by molar-refractivity contribution is -0.384. The molecule has 0 saturated carbocycles. The molecule has 0 aliphatic heterocycles. The van der Waals surface area contributed by atoms with Crippen molar-refractivity contribution in [2.45, 2.75) is 13.0 Å². The van der Waals surface area contributed by atoms with Crippen LogP contribution in [0.1, 0.15) is 27.8 Å². The number of aromatic nitrogens is 2. The number of aliphatic hydroxyl groups excluding tert-OH is 1. The Morgan fingerprint density at radius 3 is 2.57 bits per heavy atom. The summed E-state index contributed by atoms with van der Waals surface area (Å²) in [4.78, 5) is 34.9. The molecule has 9 nitrogen and oxygen atoms in total. The minimum Gasteiger partial charge on any atom is -0.387 e. The quantitative estimate of drug-likeness (QED) is 0.458. The molecule has 1 amide bonds. The molecule has 30 heavy (non-hydrogen) atoms. The zero-order valence-electron chi connectivity index (χ0n) is 15.8. The molecular formula is C20H17ClN4O5. The van der Waals surface area contributed by atoms with Gasteiger partial charge in [-0.05, 0) is 36.8 Å². The van der Waals surface area contributed by atoms with Gasteiger partial charge in [-0.3, -0.25) is 19.7 Å². The van der Waals surface area contributed by atoms with Gasteiger partial charge in [0.2, 0.25) is 5.43 Å². The first-order valence-electron chi connectivity index (χ1n) is 8.84. The predicted molar refractivity (Wildman–Crippen MR) is 110 cm³/mol. The van der Waals surface area contributed by atoms with E-state index in [-0.39, 0.29) is 17.9 Å². The van der Waals surface area contributed by atoms with Crippen molar-refractivity contribution >= 4 is 23.2 Å². The second kappa shape index (κ2) is 8.85. The Labute approximate surface area is 175 Å². The van der Waals surface area contributed by atoms with Crippen LogP contribution in [0.5, 0.6) is 0 Å². The molecule has 0 fully saturated rings. The van der Waals surface area contributed by atoms with Crippen molar-refractivity contribution in [1.82, 2.24) is 15.1 Å². The van der Waals surface area contributed by atoms with Crippen molar-refractivity contribution in [3.05, 3.63) is 96.9 Å². The summed E-state index contributed by atoms with van der Waals surface area (Å²) in [5.41, 5.74) is 0.354. The number of rotatable bonds is 6. The van der Waals surface area contributed by atoms with Crippen LogP contribution in [0.15, 0.2) is 59.4 Å². The van der Waals surface area contributed by atoms with E-state index in [4.69, 9.17) is 11.6 Å². The summed E-state index contributed by atoms with van der Waals surface area (Å²) in [5, 5.41) is 27.9. The maximum atomic E-state index is 12.5. The number of nitro benzene ring substituents is 1. The number of para-hydroxylation sites is 1. The average molecular weight is 429 g/mol. The topological polar surface area (TPSA) is 127 Å². The summed E-state index contributed by atoms with van der Waals surface area (Å²) in [6, 6.07) is 13.4. The average Bonchev–Trinajstić information content (AvgIpc) is 2.72. The number of carbonyl (C=O) groups excluding carboxylic acids is 1. The molecule has 1 aromatic heterocycles. The van der Waals surface area contributed by atoms with Gasteiger partial charge in [0.25, 0.3) is 11.6 Å². The lowest BCUT2D eigenvalue weighted by Gasteiger charge is -2.14. The fraction of sp³-hybridized carbons (Fsp3) is 0.150. The van der Waals surface area contributed by atoms with E-state index < -0.39 is 22.4 Å². The minimum absolute atomic E-state index is 0.112. The molecule has 1 heterocycles. The maximum Gasteiger partial charge on any atom is 0.275 e. The van der Waals surface area contributed by atoms with Crippen LogP contribution < -0.4 is 10.7 Å². The van der Waals surface area contributed by atoms with Crippen LogP contribution in [0.25, 0.3) is 5.69 Å². The number of hydrogen-bond donors (Lipinski definition) is 2. The van der Waals surface area contributed by atoms with Crippen LogP contribution in [0, 0.1) is 17.0 Å². The Balaban J connectivity index is 1.78. The first-order valence-corrected chi connectivity index (χ1v) is 9.22. The van der Waals surface area contributed by atoms with Gasteiger partial charge in [0.1, 0.15) is 0 Å². The first kappa shape index (κ1) is 21.2. The van der Waals surface area contributed by atoms with Crippen molar-refractivity contribution in [1.29, 1.82) is 0 Å². The molecular weight excluding hydrogens is 412 g/mol. The molecule has 0 saturated heterocycles. The van der Waals surface area contributed by atoms with Crippen molar-refractivity contribution in [3.8, 4) is 5.69 Å². The molecule has 3 aromatic rings. The molecule has 2 aromatic carbocycles. The number of hydrogen-bond acceptors (Lipinski definition) is 6. The smallest absolute Gasteiger partial charge is 0.275 e. The Morgan fingerprint density at radius 2 is 1.93 bits per heavy atom. The summed E-state index contributed by atoms with van der Waals surface area (Å²) in [6.07, 6.45) is -1.12.